The summed E-state index contributed by atoms with van der Waals surface area (Å²) in [6, 6.07) is 11.2. The maximum atomic E-state index is 13.5. The molecule has 0 saturated heterocycles. The number of anilines is 2. The van der Waals surface area contributed by atoms with Crippen molar-refractivity contribution in [2.45, 2.75) is 63.7 Å². The van der Waals surface area contributed by atoms with E-state index in [9.17, 15) is 9.59 Å². The second-order valence-corrected chi connectivity index (χ2v) is 13.6. The zero-order valence-corrected chi connectivity index (χ0v) is 25.7. The van der Waals surface area contributed by atoms with Gasteiger partial charge in [0.25, 0.3) is 5.91 Å². The van der Waals surface area contributed by atoms with Crippen LogP contribution in [0.3, 0.4) is 0 Å². The molecule has 39 heavy (non-hydrogen) atoms. The average Bonchev–Trinajstić information content (AvgIpc) is 3.18. The summed E-state index contributed by atoms with van der Waals surface area (Å²) in [5.41, 5.74) is 4.78. The van der Waals surface area contributed by atoms with Crippen LogP contribution in [0.5, 0.6) is 0 Å². The van der Waals surface area contributed by atoms with Crippen molar-refractivity contribution in [3.05, 3.63) is 89.9 Å². The number of fused-ring (bicyclic) bond motifs is 4. The summed E-state index contributed by atoms with van der Waals surface area (Å²) in [4.78, 5) is 25.9. The molecule has 1 atom stereocenters. The van der Waals surface area contributed by atoms with E-state index < -0.39 is 5.41 Å². The lowest BCUT2D eigenvalue weighted by Gasteiger charge is -2.30. The van der Waals surface area contributed by atoms with Crippen molar-refractivity contribution in [3.8, 4) is 0 Å². The van der Waals surface area contributed by atoms with Crippen LogP contribution < -0.4 is 10.6 Å². The number of carbonyl (C=O) groups is 2. The molecule has 0 saturated carbocycles. The second-order valence-electron chi connectivity index (χ2n) is 12.0. The number of nitrogens with one attached hydrogen (secondary N) is 2. The lowest BCUT2D eigenvalue weighted by atomic mass is 9.72. The smallest absolute Gasteiger partial charge is 0.258 e. The Hall–Kier alpha value is -2.24. The standard InChI is InChI=1S/C31H30Cl4N2O2/c1-15(38)22-20(32)11-18-24(26(22)34)29(2,3)13-31(18)14-30(4,5)25-19(31)12-21(33)23(27(25)35)28(39)37-17-9-7-16(36-6)8-10-17/h7-12,36H,13-14H2,1-6H3,(H,37,39). The van der Waals surface area contributed by atoms with Gasteiger partial charge in [0.1, 0.15) is 0 Å². The number of ketones is 1. The highest BCUT2D eigenvalue weighted by Gasteiger charge is 2.58. The molecule has 3 aromatic carbocycles. The van der Waals surface area contributed by atoms with Crippen molar-refractivity contribution in [1.82, 2.24) is 0 Å². The summed E-state index contributed by atoms with van der Waals surface area (Å²) in [5, 5.41) is 7.38. The zero-order chi connectivity index (χ0) is 28.7. The Morgan fingerprint density at radius 2 is 1.18 bits per heavy atom. The number of halogens is 4. The van der Waals surface area contributed by atoms with Crippen molar-refractivity contribution >= 4 is 69.5 Å². The van der Waals surface area contributed by atoms with Crippen molar-refractivity contribution in [2.24, 2.45) is 0 Å². The van der Waals surface area contributed by atoms with Crippen LogP contribution in [0.25, 0.3) is 0 Å². The monoisotopic (exact) mass is 602 g/mol. The molecule has 1 amide bonds. The molecule has 0 aliphatic heterocycles. The van der Waals surface area contributed by atoms with Crippen LogP contribution in [-0.4, -0.2) is 18.7 Å². The fourth-order valence-electron chi connectivity index (χ4n) is 7.04. The van der Waals surface area contributed by atoms with Gasteiger partial charge in [0.05, 0.1) is 31.2 Å². The molecule has 1 unspecified atom stereocenters. The lowest BCUT2D eigenvalue weighted by molar-refractivity contribution is 0.101. The van der Waals surface area contributed by atoms with Crippen molar-refractivity contribution in [3.63, 3.8) is 0 Å². The SMILES string of the molecule is CNc1ccc(NC(=O)c2c(Cl)cc3c(c2Cl)C(C)(C)CC32CC(C)(C)c3c2cc(Cl)c(C(C)=O)c3Cl)cc1. The highest BCUT2D eigenvalue weighted by Crippen LogP contribution is 2.66. The van der Waals surface area contributed by atoms with Gasteiger partial charge in [-0.3, -0.25) is 9.59 Å². The van der Waals surface area contributed by atoms with Gasteiger partial charge in [-0.05, 0) is 89.2 Å². The molecule has 204 valence electrons. The summed E-state index contributed by atoms with van der Waals surface area (Å²) < 4.78 is 0. The molecule has 0 fully saturated rings. The molecule has 0 radical (unpaired) electrons. The fourth-order valence-corrected chi connectivity index (χ4v) is 8.90. The van der Waals surface area contributed by atoms with Crippen LogP contribution in [0, 0.1) is 0 Å². The maximum Gasteiger partial charge on any atom is 0.258 e. The number of benzene rings is 3. The fraction of sp³-hybridized carbons (Fsp3) is 0.355. The van der Waals surface area contributed by atoms with E-state index in [0.717, 1.165) is 40.8 Å². The number of rotatable bonds is 4. The maximum absolute atomic E-state index is 13.5. The molecule has 0 heterocycles. The Balaban J connectivity index is 1.68. The van der Waals surface area contributed by atoms with Gasteiger partial charge < -0.3 is 10.6 Å². The minimum atomic E-state index is -0.481. The molecular weight excluding hydrogens is 574 g/mol. The Morgan fingerprint density at radius 1 is 0.744 bits per heavy atom. The Bertz CT molecular complexity index is 1560. The van der Waals surface area contributed by atoms with E-state index in [0.29, 0.717) is 26.3 Å². The molecule has 0 aromatic heterocycles. The quantitative estimate of drug-likeness (QED) is 0.292. The average molecular weight is 604 g/mol. The van der Waals surface area contributed by atoms with Gasteiger partial charge in [-0.2, -0.15) is 0 Å². The van der Waals surface area contributed by atoms with Gasteiger partial charge in [-0.25, -0.2) is 0 Å². The molecule has 8 heteroatoms. The first kappa shape index (κ1) is 28.3. The summed E-state index contributed by atoms with van der Waals surface area (Å²) >= 11 is 27.5. The molecule has 0 bridgehead atoms. The third-order valence-corrected chi connectivity index (χ3v) is 9.67. The van der Waals surface area contributed by atoms with Gasteiger partial charge in [-0.15, -0.1) is 0 Å². The summed E-state index contributed by atoms with van der Waals surface area (Å²) in [7, 11) is 1.83. The van der Waals surface area contributed by atoms with E-state index in [2.05, 4.69) is 38.3 Å². The number of hydrogen-bond donors (Lipinski definition) is 2. The Labute approximate surface area is 249 Å². The molecule has 2 N–H and O–H groups in total. The highest BCUT2D eigenvalue weighted by atomic mass is 35.5. The first-order valence-electron chi connectivity index (χ1n) is 12.8. The minimum absolute atomic E-state index is 0.168. The molecule has 2 aliphatic carbocycles. The van der Waals surface area contributed by atoms with E-state index in [4.69, 9.17) is 46.4 Å². The van der Waals surface area contributed by atoms with Crippen LogP contribution in [0.2, 0.25) is 20.1 Å². The third-order valence-electron chi connectivity index (χ3n) is 8.32. The van der Waals surface area contributed by atoms with Gasteiger partial charge in [0.2, 0.25) is 0 Å². The Morgan fingerprint density at radius 3 is 1.64 bits per heavy atom. The van der Waals surface area contributed by atoms with Crippen LogP contribution >= 0.6 is 46.4 Å². The van der Waals surface area contributed by atoms with Gasteiger partial charge in [-0.1, -0.05) is 74.1 Å². The molecule has 5 rings (SSSR count). The highest BCUT2D eigenvalue weighted by molar-refractivity contribution is 6.42. The number of carbonyl (C=O) groups excluding carboxylic acids is 2. The van der Waals surface area contributed by atoms with Crippen LogP contribution in [0.15, 0.2) is 36.4 Å². The van der Waals surface area contributed by atoms with Crippen LogP contribution in [0.1, 0.15) is 90.4 Å². The minimum Gasteiger partial charge on any atom is -0.388 e. The van der Waals surface area contributed by atoms with Gasteiger partial charge >= 0.3 is 0 Å². The van der Waals surface area contributed by atoms with Crippen molar-refractivity contribution in [2.75, 3.05) is 17.7 Å². The number of hydrogen-bond acceptors (Lipinski definition) is 3. The predicted molar refractivity (Wildman–Crippen MR) is 163 cm³/mol. The van der Waals surface area contributed by atoms with E-state index in [-0.39, 0.29) is 33.1 Å². The third kappa shape index (κ3) is 4.26. The van der Waals surface area contributed by atoms with E-state index in [1.165, 1.54) is 6.92 Å². The summed E-state index contributed by atoms with van der Waals surface area (Å²) in [6.07, 6.45) is 1.46. The number of Topliss-reactive ketones (excluding diaryl/α,β-unsaturated/α-hetero) is 1. The van der Waals surface area contributed by atoms with E-state index in [1.54, 1.807) is 0 Å². The van der Waals surface area contributed by atoms with Crippen LogP contribution in [-0.2, 0) is 16.2 Å². The van der Waals surface area contributed by atoms with E-state index >= 15 is 0 Å². The predicted octanol–water partition coefficient (Wildman–Crippen LogP) is 9.45. The Kier molecular flexibility index (Phi) is 6.83. The van der Waals surface area contributed by atoms with Crippen LogP contribution in [0.4, 0.5) is 11.4 Å². The molecule has 1 spiro atoms. The largest absolute Gasteiger partial charge is 0.388 e. The van der Waals surface area contributed by atoms with Crippen molar-refractivity contribution < 1.29 is 9.59 Å². The van der Waals surface area contributed by atoms with Gasteiger partial charge in [0.15, 0.2) is 5.78 Å². The molecule has 2 aliphatic rings. The summed E-state index contributed by atoms with van der Waals surface area (Å²) in [5.74, 6) is -0.537. The van der Waals surface area contributed by atoms with Crippen molar-refractivity contribution in [1.29, 1.82) is 0 Å². The van der Waals surface area contributed by atoms with E-state index in [1.807, 2.05) is 43.4 Å². The lowest BCUT2D eigenvalue weighted by Crippen LogP contribution is -2.27. The first-order valence-corrected chi connectivity index (χ1v) is 14.3. The molecule has 3 aromatic rings. The summed E-state index contributed by atoms with van der Waals surface area (Å²) in [6.45, 7) is 10.0. The first-order chi connectivity index (χ1) is 18.1. The zero-order valence-electron chi connectivity index (χ0n) is 22.7. The van der Waals surface area contributed by atoms with Gasteiger partial charge in [0, 0.05) is 23.8 Å². The normalized spacial score (nSPS) is 20.1. The topological polar surface area (TPSA) is 58.2 Å². The number of amides is 1. The second kappa shape index (κ2) is 9.41. The molecular formula is C31H30Cl4N2O2. The molecule has 4 nitrogen and oxygen atoms in total.